The zero-order valence-electron chi connectivity index (χ0n) is 12.0. The van der Waals surface area contributed by atoms with E-state index in [9.17, 15) is 9.59 Å². The number of ether oxygens (including phenoxy) is 1. The largest absolute Gasteiger partial charge is 0.445 e. The topological polar surface area (TPSA) is 49.9 Å². The second kappa shape index (κ2) is 6.16. The van der Waals surface area contributed by atoms with E-state index in [-0.39, 0.29) is 25.1 Å². The molecule has 5 heteroatoms. The Balaban J connectivity index is 1.56. The molecular formula is C16H20N2O3. The normalized spacial score (nSPS) is 21.9. The Morgan fingerprint density at radius 1 is 1.24 bits per heavy atom. The van der Waals surface area contributed by atoms with Crippen molar-refractivity contribution < 1.29 is 14.3 Å². The third kappa shape index (κ3) is 3.17. The van der Waals surface area contributed by atoms with E-state index >= 15 is 0 Å². The number of carbonyl (C=O) groups excluding carboxylic acids is 2. The van der Waals surface area contributed by atoms with E-state index < -0.39 is 6.09 Å². The lowest BCUT2D eigenvalue weighted by molar-refractivity contribution is -0.140. The minimum atomic E-state index is -0.391. The van der Waals surface area contributed by atoms with Gasteiger partial charge >= 0.3 is 6.09 Å². The number of nitrogens with zero attached hydrogens (tertiary/aromatic N) is 2. The number of hydrogen-bond acceptors (Lipinski definition) is 3. The molecule has 0 spiro atoms. The third-order valence-corrected chi connectivity index (χ3v) is 4.17. The van der Waals surface area contributed by atoms with Crippen LogP contribution in [0.4, 0.5) is 4.79 Å². The maximum Gasteiger partial charge on any atom is 0.410 e. The van der Waals surface area contributed by atoms with E-state index in [1.54, 1.807) is 0 Å². The molecule has 1 aromatic rings. The summed E-state index contributed by atoms with van der Waals surface area (Å²) in [5, 5.41) is 0. The van der Waals surface area contributed by atoms with Gasteiger partial charge in [0.2, 0.25) is 5.91 Å². The minimum Gasteiger partial charge on any atom is -0.445 e. The van der Waals surface area contributed by atoms with Crippen LogP contribution in [0.2, 0.25) is 0 Å². The molecule has 2 fully saturated rings. The molecule has 3 rings (SSSR count). The Morgan fingerprint density at radius 2 is 2.05 bits per heavy atom. The summed E-state index contributed by atoms with van der Waals surface area (Å²) in [6, 6.07) is 9.74. The molecule has 2 aliphatic heterocycles. The molecule has 0 aliphatic carbocycles. The molecule has 0 saturated carbocycles. The van der Waals surface area contributed by atoms with Crippen molar-refractivity contribution in [2.75, 3.05) is 19.6 Å². The molecule has 0 unspecified atom stereocenters. The average molecular weight is 288 g/mol. The first-order valence-corrected chi connectivity index (χ1v) is 7.49. The summed E-state index contributed by atoms with van der Waals surface area (Å²) in [5.41, 5.74) is 0.952. The van der Waals surface area contributed by atoms with Gasteiger partial charge in [0.1, 0.15) is 13.2 Å². The molecule has 2 aliphatic rings. The van der Waals surface area contributed by atoms with Crippen LogP contribution in [0.15, 0.2) is 30.3 Å². The average Bonchev–Trinajstić information content (AvgIpc) is 2.53. The summed E-state index contributed by atoms with van der Waals surface area (Å²) in [6.07, 6.45) is 2.79. The van der Waals surface area contributed by atoms with E-state index in [2.05, 4.69) is 0 Å². The first-order chi connectivity index (χ1) is 10.2. The lowest BCUT2D eigenvalue weighted by atomic mass is 9.99. The standard InChI is InChI=1S/C16H20N2O3/c19-15-11-17(10-14-8-4-5-9-18(14)15)16(20)21-12-13-6-2-1-3-7-13/h1-3,6-7,14H,4-5,8-12H2/t14-/m0/s1. The monoisotopic (exact) mass is 288 g/mol. The van der Waals surface area contributed by atoms with Crippen LogP contribution in [0.25, 0.3) is 0 Å². The highest BCUT2D eigenvalue weighted by atomic mass is 16.6. The number of hydrogen-bond donors (Lipinski definition) is 0. The molecule has 2 saturated heterocycles. The van der Waals surface area contributed by atoms with Gasteiger partial charge in [0.15, 0.2) is 0 Å². The van der Waals surface area contributed by atoms with E-state index in [1.807, 2.05) is 35.2 Å². The van der Waals surface area contributed by atoms with Crippen LogP contribution >= 0.6 is 0 Å². The highest BCUT2D eigenvalue weighted by Crippen LogP contribution is 2.22. The van der Waals surface area contributed by atoms with E-state index in [0.717, 1.165) is 31.4 Å². The van der Waals surface area contributed by atoms with Crippen LogP contribution in [-0.4, -0.2) is 47.5 Å². The molecule has 0 radical (unpaired) electrons. The minimum absolute atomic E-state index is 0.0441. The molecule has 5 nitrogen and oxygen atoms in total. The van der Waals surface area contributed by atoms with Gasteiger partial charge in [0, 0.05) is 19.1 Å². The van der Waals surface area contributed by atoms with Crippen molar-refractivity contribution in [1.29, 1.82) is 0 Å². The Morgan fingerprint density at radius 3 is 2.86 bits per heavy atom. The quantitative estimate of drug-likeness (QED) is 0.836. The van der Waals surface area contributed by atoms with Gasteiger partial charge in [-0.2, -0.15) is 0 Å². The van der Waals surface area contributed by atoms with Crippen LogP contribution < -0.4 is 0 Å². The van der Waals surface area contributed by atoms with Crippen molar-refractivity contribution in [2.45, 2.75) is 31.9 Å². The van der Waals surface area contributed by atoms with Crippen LogP contribution in [0.3, 0.4) is 0 Å². The fourth-order valence-corrected chi connectivity index (χ4v) is 3.04. The summed E-state index contributed by atoms with van der Waals surface area (Å²) >= 11 is 0. The number of carbonyl (C=O) groups is 2. The summed E-state index contributed by atoms with van der Waals surface area (Å²) < 4.78 is 5.31. The first-order valence-electron chi connectivity index (χ1n) is 7.49. The second-order valence-corrected chi connectivity index (χ2v) is 5.66. The highest BCUT2D eigenvalue weighted by Gasteiger charge is 2.36. The fraction of sp³-hybridized carbons (Fsp3) is 0.500. The molecule has 0 N–H and O–H groups in total. The van der Waals surface area contributed by atoms with E-state index in [0.29, 0.717) is 6.54 Å². The fourth-order valence-electron chi connectivity index (χ4n) is 3.04. The Hall–Kier alpha value is -2.04. The van der Waals surface area contributed by atoms with E-state index in [1.165, 1.54) is 4.90 Å². The highest BCUT2D eigenvalue weighted by molar-refractivity contribution is 5.84. The van der Waals surface area contributed by atoms with Crippen molar-refractivity contribution in [2.24, 2.45) is 0 Å². The first kappa shape index (κ1) is 13.9. The maximum absolute atomic E-state index is 12.1. The molecular weight excluding hydrogens is 268 g/mol. The summed E-state index contributed by atoms with van der Waals surface area (Å²) in [4.78, 5) is 27.7. The van der Waals surface area contributed by atoms with Crippen molar-refractivity contribution in [3.05, 3.63) is 35.9 Å². The van der Waals surface area contributed by atoms with E-state index in [4.69, 9.17) is 4.74 Å². The Labute approximate surface area is 124 Å². The van der Waals surface area contributed by atoms with Crippen LogP contribution in [0.1, 0.15) is 24.8 Å². The van der Waals surface area contributed by atoms with Crippen molar-refractivity contribution in [1.82, 2.24) is 9.80 Å². The summed E-state index contributed by atoms with van der Waals surface area (Å²) in [6.45, 7) is 1.82. The third-order valence-electron chi connectivity index (χ3n) is 4.17. The Bertz CT molecular complexity index is 518. The molecule has 1 atom stereocenters. The van der Waals surface area contributed by atoms with Crippen LogP contribution in [-0.2, 0) is 16.1 Å². The van der Waals surface area contributed by atoms with Crippen molar-refractivity contribution in [3.8, 4) is 0 Å². The lowest BCUT2D eigenvalue weighted by Gasteiger charge is -2.43. The van der Waals surface area contributed by atoms with Gasteiger partial charge in [-0.1, -0.05) is 30.3 Å². The maximum atomic E-state index is 12.1. The number of fused-ring (bicyclic) bond motifs is 1. The molecule has 21 heavy (non-hydrogen) atoms. The smallest absolute Gasteiger partial charge is 0.410 e. The van der Waals surface area contributed by atoms with Gasteiger partial charge < -0.3 is 9.64 Å². The van der Waals surface area contributed by atoms with Gasteiger partial charge in [-0.3, -0.25) is 9.69 Å². The SMILES string of the molecule is O=C(OCc1ccccc1)N1CC(=O)N2CCCC[C@H]2C1. The van der Waals surface area contributed by atoms with Gasteiger partial charge in [-0.25, -0.2) is 4.79 Å². The van der Waals surface area contributed by atoms with Gasteiger partial charge in [-0.05, 0) is 24.8 Å². The molecule has 1 aromatic carbocycles. The molecule has 0 aromatic heterocycles. The number of amides is 2. The number of rotatable bonds is 2. The second-order valence-electron chi connectivity index (χ2n) is 5.66. The molecule has 2 amide bonds. The summed E-state index contributed by atoms with van der Waals surface area (Å²) in [5.74, 6) is 0.0441. The Kier molecular flexibility index (Phi) is 4.08. The zero-order chi connectivity index (χ0) is 14.7. The van der Waals surface area contributed by atoms with Gasteiger partial charge in [0.25, 0.3) is 0 Å². The predicted octanol–water partition coefficient (Wildman–Crippen LogP) is 2.02. The number of piperidine rings is 1. The van der Waals surface area contributed by atoms with Gasteiger partial charge in [-0.15, -0.1) is 0 Å². The zero-order valence-corrected chi connectivity index (χ0v) is 12.0. The van der Waals surface area contributed by atoms with Crippen LogP contribution in [0, 0.1) is 0 Å². The van der Waals surface area contributed by atoms with Gasteiger partial charge in [0.05, 0.1) is 0 Å². The molecule has 112 valence electrons. The lowest BCUT2D eigenvalue weighted by Crippen LogP contribution is -2.59. The number of benzene rings is 1. The van der Waals surface area contributed by atoms with Crippen LogP contribution in [0.5, 0.6) is 0 Å². The summed E-state index contributed by atoms with van der Waals surface area (Å²) in [7, 11) is 0. The van der Waals surface area contributed by atoms with Crippen molar-refractivity contribution >= 4 is 12.0 Å². The number of piperazine rings is 1. The van der Waals surface area contributed by atoms with Crippen molar-refractivity contribution in [3.63, 3.8) is 0 Å². The predicted molar refractivity (Wildman–Crippen MR) is 77.6 cm³/mol. The molecule has 0 bridgehead atoms. The molecule has 2 heterocycles.